The van der Waals surface area contributed by atoms with E-state index in [2.05, 4.69) is 0 Å². The van der Waals surface area contributed by atoms with E-state index in [1.54, 1.807) is 0 Å². The molecular formula is C13H18O2. The van der Waals surface area contributed by atoms with Gasteiger partial charge in [0.2, 0.25) is 0 Å². The second-order valence-electron chi connectivity index (χ2n) is 4.51. The Morgan fingerprint density at radius 3 is 2.40 bits per heavy atom. The van der Waals surface area contributed by atoms with Crippen LogP contribution >= 0.6 is 0 Å². The summed E-state index contributed by atoms with van der Waals surface area (Å²) in [5, 5.41) is 0. The number of rotatable bonds is 2. The van der Waals surface area contributed by atoms with Crippen LogP contribution in [0.15, 0.2) is 24.3 Å². The highest BCUT2D eigenvalue weighted by molar-refractivity contribution is 5.91. The number of esters is 1. The van der Waals surface area contributed by atoms with Crippen LogP contribution in [0.2, 0.25) is 0 Å². The summed E-state index contributed by atoms with van der Waals surface area (Å²) in [6, 6.07) is 7.57. The summed E-state index contributed by atoms with van der Waals surface area (Å²) in [6.45, 7) is 7.65. The first-order valence-electron chi connectivity index (χ1n) is 5.25. The molecule has 1 aromatic carbocycles. The second-order valence-corrected chi connectivity index (χ2v) is 4.51. The third kappa shape index (κ3) is 3.39. The van der Waals surface area contributed by atoms with Crippen molar-refractivity contribution in [2.45, 2.75) is 39.7 Å². The Balaban J connectivity index is 2.91. The van der Waals surface area contributed by atoms with E-state index in [-0.39, 0.29) is 5.97 Å². The summed E-state index contributed by atoms with van der Waals surface area (Å²) in [5.41, 5.74) is 1.28. The molecule has 0 N–H and O–H groups in total. The smallest absolute Gasteiger partial charge is 0.338 e. The third-order valence-electron chi connectivity index (χ3n) is 2.02. The van der Waals surface area contributed by atoms with Crippen LogP contribution in [0.1, 0.15) is 43.6 Å². The van der Waals surface area contributed by atoms with Gasteiger partial charge in [-0.15, -0.1) is 0 Å². The fraction of sp³-hybridized carbons (Fsp3) is 0.462. The van der Waals surface area contributed by atoms with E-state index < -0.39 is 5.60 Å². The van der Waals surface area contributed by atoms with E-state index in [0.29, 0.717) is 5.56 Å². The van der Waals surface area contributed by atoms with Gasteiger partial charge in [-0.25, -0.2) is 4.79 Å². The molecule has 2 heteroatoms. The number of benzene rings is 1. The largest absolute Gasteiger partial charge is 0.456 e. The van der Waals surface area contributed by atoms with Crippen LogP contribution in [0.3, 0.4) is 0 Å². The number of carbonyl (C=O) groups is 1. The maximum Gasteiger partial charge on any atom is 0.338 e. The van der Waals surface area contributed by atoms with E-state index in [0.717, 1.165) is 12.0 Å². The van der Waals surface area contributed by atoms with Gasteiger partial charge in [0, 0.05) is 0 Å². The first-order valence-corrected chi connectivity index (χ1v) is 5.25. The first-order chi connectivity index (χ1) is 6.94. The van der Waals surface area contributed by atoms with Gasteiger partial charge in [-0.2, -0.15) is 0 Å². The van der Waals surface area contributed by atoms with Crippen molar-refractivity contribution in [2.24, 2.45) is 0 Å². The summed E-state index contributed by atoms with van der Waals surface area (Å²) < 4.78 is 5.33. The number of ether oxygens (including phenoxy) is 1. The molecule has 2 nitrogen and oxygen atoms in total. The van der Waals surface area contributed by atoms with Crippen molar-refractivity contribution in [1.29, 1.82) is 0 Å². The highest BCUT2D eigenvalue weighted by Crippen LogP contribution is 2.15. The van der Waals surface area contributed by atoms with Crippen molar-refractivity contribution in [2.75, 3.05) is 0 Å². The van der Waals surface area contributed by atoms with E-state index in [1.165, 1.54) is 0 Å². The molecule has 0 aliphatic rings. The van der Waals surface area contributed by atoms with Crippen LogP contribution in [0.4, 0.5) is 0 Å². The highest BCUT2D eigenvalue weighted by atomic mass is 16.6. The predicted octanol–water partition coefficient (Wildman–Crippen LogP) is 3.20. The molecule has 0 aliphatic heterocycles. The molecule has 0 radical (unpaired) electrons. The molecular weight excluding hydrogens is 188 g/mol. The summed E-state index contributed by atoms with van der Waals surface area (Å²) in [7, 11) is 0. The SMILES string of the molecule is CCc1ccccc1C(=O)OC(C)(C)C. The van der Waals surface area contributed by atoms with Crippen LogP contribution in [-0.2, 0) is 11.2 Å². The minimum atomic E-state index is -0.433. The zero-order chi connectivity index (χ0) is 11.5. The lowest BCUT2D eigenvalue weighted by atomic mass is 10.1. The van der Waals surface area contributed by atoms with E-state index in [9.17, 15) is 4.79 Å². The molecule has 0 aromatic heterocycles. The molecule has 0 bridgehead atoms. The van der Waals surface area contributed by atoms with Crippen molar-refractivity contribution in [3.8, 4) is 0 Å². The zero-order valence-electron chi connectivity index (χ0n) is 9.83. The van der Waals surface area contributed by atoms with Gasteiger partial charge < -0.3 is 4.74 Å². The third-order valence-corrected chi connectivity index (χ3v) is 2.02. The fourth-order valence-electron chi connectivity index (χ4n) is 1.36. The lowest BCUT2D eigenvalue weighted by Crippen LogP contribution is -2.24. The van der Waals surface area contributed by atoms with Crippen LogP contribution in [0.5, 0.6) is 0 Å². The molecule has 1 aromatic rings. The highest BCUT2D eigenvalue weighted by Gasteiger charge is 2.19. The van der Waals surface area contributed by atoms with Crippen molar-refractivity contribution < 1.29 is 9.53 Å². The number of aryl methyl sites for hydroxylation is 1. The van der Waals surface area contributed by atoms with Crippen LogP contribution in [0, 0.1) is 0 Å². The number of hydrogen-bond acceptors (Lipinski definition) is 2. The Morgan fingerprint density at radius 2 is 1.87 bits per heavy atom. The van der Waals surface area contributed by atoms with Crippen molar-refractivity contribution in [3.05, 3.63) is 35.4 Å². The van der Waals surface area contributed by atoms with Crippen LogP contribution in [0.25, 0.3) is 0 Å². The average Bonchev–Trinajstić information content (AvgIpc) is 2.15. The molecule has 1 rings (SSSR count). The fourth-order valence-corrected chi connectivity index (χ4v) is 1.36. The second kappa shape index (κ2) is 4.47. The van der Waals surface area contributed by atoms with Gasteiger partial charge in [0.05, 0.1) is 5.56 Å². The monoisotopic (exact) mass is 206 g/mol. The molecule has 0 fully saturated rings. The summed E-state index contributed by atoms with van der Waals surface area (Å²) in [5.74, 6) is -0.236. The topological polar surface area (TPSA) is 26.3 Å². The van der Waals surface area contributed by atoms with Gasteiger partial charge in [0.1, 0.15) is 5.60 Å². The zero-order valence-corrected chi connectivity index (χ0v) is 9.83. The predicted molar refractivity (Wildman–Crippen MR) is 61.0 cm³/mol. The minimum Gasteiger partial charge on any atom is -0.456 e. The molecule has 0 atom stereocenters. The Labute approximate surface area is 91.3 Å². The molecule has 0 saturated carbocycles. The lowest BCUT2D eigenvalue weighted by Gasteiger charge is -2.20. The molecule has 0 saturated heterocycles. The summed E-state index contributed by atoms with van der Waals surface area (Å²) in [6.07, 6.45) is 0.843. The Kier molecular flexibility index (Phi) is 3.51. The van der Waals surface area contributed by atoms with Crippen LogP contribution < -0.4 is 0 Å². The molecule has 0 amide bonds. The molecule has 0 aliphatic carbocycles. The van der Waals surface area contributed by atoms with Gasteiger partial charge in [-0.05, 0) is 38.8 Å². The first kappa shape index (κ1) is 11.8. The molecule has 15 heavy (non-hydrogen) atoms. The van der Waals surface area contributed by atoms with E-state index in [4.69, 9.17) is 4.74 Å². The molecule has 0 spiro atoms. The Hall–Kier alpha value is -1.31. The number of carbonyl (C=O) groups excluding carboxylic acids is 1. The number of hydrogen-bond donors (Lipinski definition) is 0. The summed E-state index contributed by atoms with van der Waals surface area (Å²) in [4.78, 5) is 11.8. The van der Waals surface area contributed by atoms with Gasteiger partial charge in [0.15, 0.2) is 0 Å². The van der Waals surface area contributed by atoms with Gasteiger partial charge in [-0.3, -0.25) is 0 Å². The molecule has 0 heterocycles. The Morgan fingerprint density at radius 1 is 1.27 bits per heavy atom. The van der Waals surface area contributed by atoms with Gasteiger partial charge >= 0.3 is 5.97 Å². The van der Waals surface area contributed by atoms with Gasteiger partial charge in [0.25, 0.3) is 0 Å². The van der Waals surface area contributed by atoms with E-state index >= 15 is 0 Å². The maximum atomic E-state index is 11.8. The van der Waals surface area contributed by atoms with Gasteiger partial charge in [-0.1, -0.05) is 25.1 Å². The van der Waals surface area contributed by atoms with Crippen LogP contribution in [-0.4, -0.2) is 11.6 Å². The summed E-state index contributed by atoms with van der Waals surface area (Å²) >= 11 is 0. The normalized spacial score (nSPS) is 11.2. The van der Waals surface area contributed by atoms with E-state index in [1.807, 2.05) is 52.0 Å². The minimum absolute atomic E-state index is 0.236. The van der Waals surface area contributed by atoms with Crippen molar-refractivity contribution >= 4 is 5.97 Å². The Bertz CT molecular complexity index is 348. The molecule has 82 valence electrons. The average molecular weight is 206 g/mol. The van der Waals surface area contributed by atoms with Crippen molar-refractivity contribution in [3.63, 3.8) is 0 Å². The quantitative estimate of drug-likeness (QED) is 0.694. The van der Waals surface area contributed by atoms with Crippen molar-refractivity contribution in [1.82, 2.24) is 0 Å². The lowest BCUT2D eigenvalue weighted by molar-refractivity contribution is 0.00684. The maximum absolute atomic E-state index is 11.8. The standard InChI is InChI=1S/C13H18O2/c1-5-10-8-6-7-9-11(10)12(14)15-13(2,3)4/h6-9H,5H2,1-4H3. The molecule has 0 unspecified atom stereocenters.